The third-order valence-corrected chi connectivity index (χ3v) is 8.78. The summed E-state index contributed by atoms with van der Waals surface area (Å²) in [4.78, 5) is 24.1. The summed E-state index contributed by atoms with van der Waals surface area (Å²) in [6.45, 7) is 5.11. The minimum absolute atomic E-state index is 0.0430. The Labute approximate surface area is 153 Å². The van der Waals surface area contributed by atoms with Crippen molar-refractivity contribution in [2.75, 3.05) is 0 Å². The standard InChI is InChI=1S/C21H29FO4/c1-12(23)20(26)9-7-15-16-5-4-13-10-14(24)6-8-18(13,2)21(16,22)17(25)11-19(15,20)3/h10,15-17,25-26H,4-9,11H2,1-3H3/t15-,16?,17-,18-,19-,20-,21-/m0/s1. The number of alkyl halides is 1. The van der Waals surface area contributed by atoms with Crippen LogP contribution in [-0.4, -0.2) is 39.2 Å². The van der Waals surface area contributed by atoms with Crippen molar-refractivity contribution in [2.45, 2.75) is 83.1 Å². The van der Waals surface area contributed by atoms with E-state index < -0.39 is 34.1 Å². The number of allylic oxidation sites excluding steroid dienone is 1. The summed E-state index contributed by atoms with van der Waals surface area (Å²) < 4.78 is 16.8. The van der Waals surface area contributed by atoms with E-state index in [2.05, 4.69) is 0 Å². The number of aliphatic hydroxyl groups is 2. The van der Waals surface area contributed by atoms with E-state index in [1.54, 1.807) is 6.08 Å². The van der Waals surface area contributed by atoms with Crippen LogP contribution in [0.5, 0.6) is 0 Å². The lowest BCUT2D eigenvalue weighted by Gasteiger charge is -2.63. The number of halogens is 1. The summed E-state index contributed by atoms with van der Waals surface area (Å²) in [5, 5.41) is 22.2. The highest BCUT2D eigenvalue weighted by molar-refractivity contribution is 5.91. The van der Waals surface area contributed by atoms with Crippen molar-refractivity contribution in [1.29, 1.82) is 0 Å². The zero-order chi connectivity index (χ0) is 19.1. The van der Waals surface area contributed by atoms with E-state index in [9.17, 15) is 19.8 Å². The molecule has 0 radical (unpaired) electrons. The minimum atomic E-state index is -1.82. The number of aliphatic hydroxyl groups excluding tert-OH is 1. The molecule has 4 aliphatic rings. The summed E-state index contributed by atoms with van der Waals surface area (Å²) in [6, 6.07) is 0. The first-order chi connectivity index (χ1) is 12.0. The number of carbonyl (C=O) groups excluding carboxylic acids is 2. The second-order valence-electron chi connectivity index (χ2n) is 9.58. The molecule has 0 aromatic rings. The van der Waals surface area contributed by atoms with E-state index in [1.807, 2.05) is 13.8 Å². The lowest BCUT2D eigenvalue weighted by atomic mass is 9.44. The van der Waals surface area contributed by atoms with Gasteiger partial charge in [0.15, 0.2) is 11.6 Å². The zero-order valence-electron chi connectivity index (χ0n) is 15.8. The maximum atomic E-state index is 16.8. The van der Waals surface area contributed by atoms with Crippen LogP contribution in [0.3, 0.4) is 0 Å². The largest absolute Gasteiger partial charge is 0.390 e. The van der Waals surface area contributed by atoms with Gasteiger partial charge in [-0.05, 0) is 57.4 Å². The monoisotopic (exact) mass is 364 g/mol. The number of Topliss-reactive ketones (excluding diaryl/α,β-unsaturated/α-hetero) is 1. The van der Waals surface area contributed by atoms with Gasteiger partial charge in [0.2, 0.25) is 0 Å². The molecular weight excluding hydrogens is 335 g/mol. The predicted molar refractivity (Wildman–Crippen MR) is 94.1 cm³/mol. The first kappa shape index (κ1) is 18.3. The zero-order valence-corrected chi connectivity index (χ0v) is 15.8. The van der Waals surface area contributed by atoms with Crippen molar-refractivity contribution in [3.8, 4) is 0 Å². The minimum Gasteiger partial charge on any atom is -0.390 e. The molecular formula is C21H29FO4. The Morgan fingerprint density at radius 3 is 2.54 bits per heavy atom. The first-order valence-electron chi connectivity index (χ1n) is 9.85. The van der Waals surface area contributed by atoms with Gasteiger partial charge in [0, 0.05) is 23.2 Å². The molecule has 4 aliphatic carbocycles. The fourth-order valence-corrected chi connectivity index (χ4v) is 7.15. The van der Waals surface area contributed by atoms with Crippen molar-refractivity contribution in [3.05, 3.63) is 11.6 Å². The molecule has 0 aromatic heterocycles. The summed E-state index contributed by atoms with van der Waals surface area (Å²) >= 11 is 0. The van der Waals surface area contributed by atoms with Gasteiger partial charge in [0.05, 0.1) is 6.10 Å². The van der Waals surface area contributed by atoms with Gasteiger partial charge in [-0.1, -0.05) is 19.4 Å². The van der Waals surface area contributed by atoms with Crippen molar-refractivity contribution < 1.29 is 24.2 Å². The van der Waals surface area contributed by atoms with E-state index in [4.69, 9.17) is 0 Å². The molecule has 0 amide bonds. The highest BCUT2D eigenvalue weighted by Gasteiger charge is 2.73. The molecule has 5 heteroatoms. The summed E-state index contributed by atoms with van der Waals surface area (Å²) in [7, 11) is 0. The van der Waals surface area contributed by atoms with Gasteiger partial charge in [0.1, 0.15) is 11.3 Å². The molecule has 0 aliphatic heterocycles. The molecule has 144 valence electrons. The third-order valence-electron chi connectivity index (χ3n) is 8.78. The Morgan fingerprint density at radius 1 is 1.19 bits per heavy atom. The Kier molecular flexibility index (Phi) is 3.70. The highest BCUT2D eigenvalue weighted by Crippen LogP contribution is 2.70. The normalized spacial score (nSPS) is 53.4. The Bertz CT molecular complexity index is 717. The second-order valence-corrected chi connectivity index (χ2v) is 9.58. The SMILES string of the molecule is CC(=O)[C@@]1(O)CC[C@H]2C3CCC4=CC(=O)CC[C@]4(C)[C@@]3(F)[C@@H](O)C[C@@]21C. The van der Waals surface area contributed by atoms with Gasteiger partial charge in [0.25, 0.3) is 0 Å². The summed E-state index contributed by atoms with van der Waals surface area (Å²) in [6.07, 6.45) is 3.29. The molecule has 0 aromatic carbocycles. The van der Waals surface area contributed by atoms with Gasteiger partial charge < -0.3 is 10.2 Å². The van der Waals surface area contributed by atoms with Crippen LogP contribution in [0.25, 0.3) is 0 Å². The van der Waals surface area contributed by atoms with Crippen LogP contribution in [0.1, 0.15) is 65.7 Å². The number of ketones is 2. The Hall–Kier alpha value is -1.07. The van der Waals surface area contributed by atoms with Crippen molar-refractivity contribution in [1.82, 2.24) is 0 Å². The molecule has 3 saturated carbocycles. The van der Waals surface area contributed by atoms with Crippen molar-refractivity contribution >= 4 is 11.6 Å². The van der Waals surface area contributed by atoms with E-state index in [1.165, 1.54) is 6.92 Å². The van der Waals surface area contributed by atoms with E-state index in [0.717, 1.165) is 5.57 Å². The predicted octanol–water partition coefficient (Wildman–Crippen LogP) is 2.90. The summed E-state index contributed by atoms with van der Waals surface area (Å²) in [5.41, 5.74) is -4.12. The van der Waals surface area contributed by atoms with Crippen LogP contribution < -0.4 is 0 Å². The molecule has 7 atom stereocenters. The van der Waals surface area contributed by atoms with Gasteiger partial charge in [-0.25, -0.2) is 4.39 Å². The number of carbonyl (C=O) groups is 2. The topological polar surface area (TPSA) is 74.6 Å². The molecule has 3 fully saturated rings. The first-order valence-corrected chi connectivity index (χ1v) is 9.85. The lowest BCUT2D eigenvalue weighted by molar-refractivity contribution is -0.225. The fraction of sp³-hybridized carbons (Fsp3) is 0.810. The highest BCUT2D eigenvalue weighted by atomic mass is 19.1. The van der Waals surface area contributed by atoms with Gasteiger partial charge >= 0.3 is 0 Å². The molecule has 4 rings (SSSR count). The van der Waals surface area contributed by atoms with Crippen LogP contribution >= 0.6 is 0 Å². The fourth-order valence-electron chi connectivity index (χ4n) is 7.15. The molecule has 0 saturated heterocycles. The van der Waals surface area contributed by atoms with Gasteiger partial charge in [-0.3, -0.25) is 9.59 Å². The van der Waals surface area contributed by atoms with Crippen LogP contribution in [0.2, 0.25) is 0 Å². The van der Waals surface area contributed by atoms with Gasteiger partial charge in [-0.2, -0.15) is 0 Å². The van der Waals surface area contributed by atoms with Gasteiger partial charge in [-0.15, -0.1) is 0 Å². The number of rotatable bonds is 1. The van der Waals surface area contributed by atoms with Crippen LogP contribution in [0.15, 0.2) is 11.6 Å². The van der Waals surface area contributed by atoms with Crippen molar-refractivity contribution in [2.24, 2.45) is 22.7 Å². The third kappa shape index (κ3) is 1.86. The lowest BCUT2D eigenvalue weighted by Crippen LogP contribution is -2.69. The van der Waals surface area contributed by atoms with Crippen LogP contribution in [0, 0.1) is 22.7 Å². The molecule has 26 heavy (non-hydrogen) atoms. The Morgan fingerprint density at radius 2 is 1.88 bits per heavy atom. The molecule has 0 bridgehead atoms. The van der Waals surface area contributed by atoms with Crippen molar-refractivity contribution in [3.63, 3.8) is 0 Å². The number of hydrogen-bond acceptors (Lipinski definition) is 4. The molecule has 0 spiro atoms. The molecule has 0 heterocycles. The average molecular weight is 364 g/mol. The summed E-state index contributed by atoms with van der Waals surface area (Å²) in [5.74, 6) is -0.783. The number of fused-ring (bicyclic) bond motifs is 5. The maximum absolute atomic E-state index is 16.8. The Balaban J connectivity index is 1.82. The number of hydrogen-bond donors (Lipinski definition) is 2. The molecule has 2 N–H and O–H groups in total. The van der Waals surface area contributed by atoms with E-state index >= 15 is 4.39 Å². The van der Waals surface area contributed by atoms with E-state index in [-0.39, 0.29) is 23.9 Å². The van der Waals surface area contributed by atoms with E-state index in [0.29, 0.717) is 38.5 Å². The average Bonchev–Trinajstić information content (AvgIpc) is 2.83. The molecule has 1 unspecified atom stereocenters. The molecule has 4 nitrogen and oxygen atoms in total. The quantitative estimate of drug-likeness (QED) is 0.750. The second kappa shape index (κ2) is 5.26. The maximum Gasteiger partial charge on any atom is 0.161 e. The van der Waals surface area contributed by atoms with Crippen LogP contribution in [-0.2, 0) is 9.59 Å². The van der Waals surface area contributed by atoms with Crippen LogP contribution in [0.4, 0.5) is 4.39 Å². The smallest absolute Gasteiger partial charge is 0.161 e.